The van der Waals surface area contributed by atoms with Gasteiger partial charge in [0.25, 0.3) is 0 Å². The summed E-state index contributed by atoms with van der Waals surface area (Å²) in [5.41, 5.74) is -0.212. The van der Waals surface area contributed by atoms with Crippen molar-refractivity contribution >= 4 is 11.5 Å². The average Bonchev–Trinajstić information content (AvgIpc) is 2.61. The Kier molecular flexibility index (Phi) is 4.35. The Morgan fingerprint density at radius 3 is 2.58 bits per heavy atom. The van der Waals surface area contributed by atoms with E-state index in [4.69, 9.17) is 5.11 Å². The maximum absolute atomic E-state index is 12.1. The van der Waals surface area contributed by atoms with Crippen molar-refractivity contribution in [1.82, 2.24) is 9.78 Å². The van der Waals surface area contributed by atoms with Crippen molar-refractivity contribution < 1.29 is 23.2 Å². The first kappa shape index (κ1) is 15.2. The van der Waals surface area contributed by atoms with Gasteiger partial charge in [-0.3, -0.25) is 10.1 Å². The third-order valence-electron chi connectivity index (χ3n) is 2.45. The van der Waals surface area contributed by atoms with Crippen molar-refractivity contribution in [2.45, 2.75) is 25.6 Å². The molecule has 0 aliphatic heterocycles. The number of rotatable bonds is 5. The van der Waals surface area contributed by atoms with E-state index < -0.39 is 23.7 Å². The number of hydrogen-bond donors (Lipinski definition) is 2. The monoisotopic (exact) mass is 282 g/mol. The molecule has 1 aromatic heterocycles. The molecule has 1 unspecified atom stereocenters. The number of halogens is 3. The van der Waals surface area contributed by atoms with Crippen LogP contribution >= 0.6 is 0 Å². The summed E-state index contributed by atoms with van der Waals surface area (Å²) in [6, 6.07) is 0. The van der Waals surface area contributed by atoms with Gasteiger partial charge in [-0.15, -0.1) is 0 Å². The Bertz CT molecular complexity index is 472. The molecule has 1 atom stereocenters. The van der Waals surface area contributed by atoms with E-state index >= 15 is 0 Å². The van der Waals surface area contributed by atoms with Crippen LogP contribution in [0.1, 0.15) is 12.6 Å². The number of aryl methyl sites for hydroxylation is 2. The SMILES string of the molecule is CCc1nn(C)c(NCC(O)C(F)(F)F)c1[N+](=O)[O-]. The number of nitrogens with zero attached hydrogens (tertiary/aromatic N) is 3. The molecule has 0 amide bonds. The molecular weight excluding hydrogens is 269 g/mol. The standard InChI is InChI=1S/C9H13F3N4O3/c1-3-5-7(16(18)19)8(15(2)14-5)13-4-6(17)9(10,11)12/h6,13,17H,3-4H2,1-2H3. The van der Waals surface area contributed by atoms with Gasteiger partial charge in [-0.25, -0.2) is 4.68 Å². The molecule has 0 aromatic carbocycles. The fourth-order valence-electron chi connectivity index (χ4n) is 1.51. The number of alkyl halides is 3. The quantitative estimate of drug-likeness (QED) is 0.625. The average molecular weight is 282 g/mol. The molecule has 1 rings (SSSR count). The molecular formula is C9H13F3N4O3. The Morgan fingerprint density at radius 2 is 2.16 bits per heavy atom. The first-order chi connectivity index (χ1) is 8.68. The summed E-state index contributed by atoms with van der Waals surface area (Å²) in [6.07, 6.45) is -7.12. The van der Waals surface area contributed by atoms with Crippen LogP contribution in [0.2, 0.25) is 0 Å². The molecule has 0 bridgehead atoms. The number of nitrogens with one attached hydrogen (secondary N) is 1. The lowest BCUT2D eigenvalue weighted by Crippen LogP contribution is -2.35. The lowest BCUT2D eigenvalue weighted by atomic mass is 10.3. The lowest BCUT2D eigenvalue weighted by Gasteiger charge is -2.15. The highest BCUT2D eigenvalue weighted by Gasteiger charge is 2.38. The summed E-state index contributed by atoms with van der Waals surface area (Å²) in [4.78, 5) is 10.2. The van der Waals surface area contributed by atoms with E-state index in [-0.39, 0.29) is 23.6 Å². The van der Waals surface area contributed by atoms with Gasteiger partial charge in [0.2, 0.25) is 5.82 Å². The Balaban J connectivity index is 2.95. The van der Waals surface area contributed by atoms with Crippen molar-refractivity contribution in [3.05, 3.63) is 15.8 Å². The Hall–Kier alpha value is -1.84. The van der Waals surface area contributed by atoms with Crippen LogP contribution in [0.4, 0.5) is 24.7 Å². The van der Waals surface area contributed by atoms with E-state index in [2.05, 4.69) is 10.4 Å². The smallest absolute Gasteiger partial charge is 0.382 e. The topological polar surface area (TPSA) is 93.2 Å². The summed E-state index contributed by atoms with van der Waals surface area (Å²) >= 11 is 0. The van der Waals surface area contributed by atoms with Crippen LogP contribution in [0.3, 0.4) is 0 Å². The van der Waals surface area contributed by atoms with E-state index in [1.807, 2.05) is 0 Å². The van der Waals surface area contributed by atoms with Gasteiger partial charge in [0.05, 0.1) is 11.5 Å². The van der Waals surface area contributed by atoms with E-state index in [1.165, 1.54) is 7.05 Å². The number of aliphatic hydroxyl groups is 1. The molecule has 0 aliphatic carbocycles. The van der Waals surface area contributed by atoms with Crippen molar-refractivity contribution in [3.8, 4) is 0 Å². The van der Waals surface area contributed by atoms with E-state index in [9.17, 15) is 23.3 Å². The van der Waals surface area contributed by atoms with Crippen molar-refractivity contribution in [2.75, 3.05) is 11.9 Å². The highest BCUT2D eigenvalue weighted by Crippen LogP contribution is 2.29. The van der Waals surface area contributed by atoms with Crippen LogP contribution in [0.5, 0.6) is 0 Å². The summed E-state index contributed by atoms with van der Waals surface area (Å²) in [6.45, 7) is 0.761. The molecule has 0 spiro atoms. The fraction of sp³-hybridized carbons (Fsp3) is 0.667. The van der Waals surface area contributed by atoms with E-state index in [1.54, 1.807) is 6.92 Å². The fourth-order valence-corrected chi connectivity index (χ4v) is 1.51. The first-order valence-corrected chi connectivity index (χ1v) is 5.37. The minimum Gasteiger partial charge on any atom is -0.382 e. The Labute approximate surface area is 106 Å². The molecule has 1 aromatic rings. The largest absolute Gasteiger partial charge is 0.416 e. The van der Waals surface area contributed by atoms with Crippen LogP contribution in [0, 0.1) is 10.1 Å². The number of nitro groups is 1. The van der Waals surface area contributed by atoms with Crippen molar-refractivity contribution in [3.63, 3.8) is 0 Å². The number of hydrogen-bond acceptors (Lipinski definition) is 5. The zero-order valence-electron chi connectivity index (χ0n) is 10.2. The van der Waals surface area contributed by atoms with Gasteiger partial charge in [0.1, 0.15) is 5.69 Å². The van der Waals surface area contributed by atoms with E-state index in [0.717, 1.165) is 4.68 Å². The first-order valence-electron chi connectivity index (χ1n) is 5.37. The predicted octanol–water partition coefficient (Wildman–Crippen LogP) is 1.23. The second-order valence-electron chi connectivity index (χ2n) is 3.82. The lowest BCUT2D eigenvalue weighted by molar-refractivity contribution is -0.384. The molecule has 0 saturated heterocycles. The van der Waals surface area contributed by atoms with Crippen LogP contribution < -0.4 is 5.32 Å². The summed E-state index contributed by atoms with van der Waals surface area (Å²) in [7, 11) is 1.37. The maximum atomic E-state index is 12.1. The van der Waals surface area contributed by atoms with Gasteiger partial charge >= 0.3 is 11.9 Å². The minimum atomic E-state index is -4.78. The summed E-state index contributed by atoms with van der Waals surface area (Å²) in [5, 5.41) is 25.8. The van der Waals surface area contributed by atoms with Gasteiger partial charge < -0.3 is 10.4 Å². The minimum absolute atomic E-state index is 0.162. The molecule has 0 saturated carbocycles. The van der Waals surface area contributed by atoms with Gasteiger partial charge in [0.15, 0.2) is 6.10 Å². The second kappa shape index (κ2) is 5.43. The molecule has 2 N–H and O–H groups in total. The Morgan fingerprint density at radius 1 is 1.58 bits per heavy atom. The molecule has 19 heavy (non-hydrogen) atoms. The molecule has 10 heteroatoms. The summed E-state index contributed by atoms with van der Waals surface area (Å²) < 4.78 is 37.5. The molecule has 108 valence electrons. The van der Waals surface area contributed by atoms with Crippen LogP contribution in [0.15, 0.2) is 0 Å². The second-order valence-corrected chi connectivity index (χ2v) is 3.82. The van der Waals surface area contributed by atoms with E-state index in [0.29, 0.717) is 0 Å². The zero-order valence-corrected chi connectivity index (χ0v) is 10.2. The highest BCUT2D eigenvalue weighted by atomic mass is 19.4. The van der Waals surface area contributed by atoms with Gasteiger partial charge in [0, 0.05) is 7.05 Å². The number of aromatic nitrogens is 2. The zero-order chi connectivity index (χ0) is 14.8. The maximum Gasteiger partial charge on any atom is 0.416 e. The van der Waals surface area contributed by atoms with Gasteiger partial charge in [-0.2, -0.15) is 18.3 Å². The molecule has 7 nitrogen and oxygen atoms in total. The molecule has 0 radical (unpaired) electrons. The van der Waals surface area contributed by atoms with Gasteiger partial charge in [-0.1, -0.05) is 6.92 Å². The molecule has 0 aliphatic rings. The van der Waals surface area contributed by atoms with Crippen LogP contribution in [-0.2, 0) is 13.5 Å². The normalized spacial score (nSPS) is 13.4. The molecule has 0 fully saturated rings. The van der Waals surface area contributed by atoms with Crippen molar-refractivity contribution in [2.24, 2.45) is 7.05 Å². The molecule has 1 heterocycles. The summed E-state index contributed by atoms with van der Waals surface area (Å²) in [5.74, 6) is -0.162. The highest BCUT2D eigenvalue weighted by molar-refractivity contribution is 5.59. The van der Waals surface area contributed by atoms with Crippen LogP contribution in [0.25, 0.3) is 0 Å². The van der Waals surface area contributed by atoms with Crippen molar-refractivity contribution in [1.29, 1.82) is 0 Å². The third-order valence-corrected chi connectivity index (χ3v) is 2.45. The third kappa shape index (κ3) is 3.34. The number of anilines is 1. The number of aliphatic hydroxyl groups excluding tert-OH is 1. The predicted molar refractivity (Wildman–Crippen MR) is 59.8 cm³/mol. The van der Waals surface area contributed by atoms with Gasteiger partial charge in [-0.05, 0) is 6.42 Å². The van der Waals surface area contributed by atoms with Crippen LogP contribution in [-0.4, -0.2) is 38.6 Å².